The zero-order chi connectivity index (χ0) is 15.8. The highest BCUT2D eigenvalue weighted by Gasteiger charge is 2.22. The van der Waals surface area contributed by atoms with Crippen LogP contribution in [0.25, 0.3) is 10.2 Å². The highest BCUT2D eigenvalue weighted by atomic mass is 32.2. The van der Waals surface area contributed by atoms with Crippen LogP contribution in [0, 0.1) is 0 Å². The fourth-order valence-electron chi connectivity index (χ4n) is 1.48. The number of esters is 1. The molecule has 0 aliphatic carbocycles. The van der Waals surface area contributed by atoms with Crippen molar-refractivity contribution in [2.24, 2.45) is 0 Å². The van der Waals surface area contributed by atoms with Gasteiger partial charge in [0.15, 0.2) is 4.34 Å². The monoisotopic (exact) mass is 328 g/mol. The standard InChI is InChI=1S/C12H11NO4S2.CH5N/c1-17-11(16)9(6-10(14)15)19-12-13-7-4-2-3-5-8(7)18-12;1-2/h2-5,9H,6H2,1H3,(H,14,15);2H2,1H3. The van der Waals surface area contributed by atoms with E-state index in [0.29, 0.717) is 4.34 Å². The van der Waals surface area contributed by atoms with Crippen LogP contribution in [0.5, 0.6) is 0 Å². The molecular formula is C13H16N2O4S2. The molecule has 0 spiro atoms. The maximum atomic E-state index is 11.5. The highest BCUT2D eigenvalue weighted by Crippen LogP contribution is 2.33. The fraction of sp³-hybridized carbons (Fsp3) is 0.308. The summed E-state index contributed by atoms with van der Waals surface area (Å²) in [5.74, 6) is -1.88. The third-order valence-electron chi connectivity index (χ3n) is 2.33. The van der Waals surface area contributed by atoms with Crippen molar-refractivity contribution in [1.29, 1.82) is 0 Å². The van der Waals surface area contributed by atoms with E-state index in [1.165, 1.54) is 18.4 Å². The van der Waals surface area contributed by atoms with Crippen LogP contribution in [-0.4, -0.2) is 36.3 Å². The van der Waals surface area contributed by atoms with E-state index in [1.54, 1.807) is 7.05 Å². The molecule has 0 bridgehead atoms. The van der Waals surface area contributed by atoms with Gasteiger partial charge in [0.05, 0.1) is 24.4 Å². The summed E-state index contributed by atoms with van der Waals surface area (Å²) in [6, 6.07) is 7.55. The summed E-state index contributed by atoms with van der Waals surface area (Å²) in [5.41, 5.74) is 4.08. The molecule has 114 valence electrons. The Kier molecular flexibility index (Phi) is 7.13. The number of quaternary nitrogens is 1. The Morgan fingerprint density at radius 1 is 1.43 bits per heavy atom. The molecule has 8 heteroatoms. The number of nitrogens with zero attached hydrogens (tertiary/aromatic N) is 1. The zero-order valence-electron chi connectivity index (χ0n) is 11.7. The number of benzene rings is 1. The lowest BCUT2D eigenvalue weighted by Crippen LogP contribution is -2.40. The number of para-hydroxylation sites is 1. The third kappa shape index (κ3) is 5.00. The molecule has 1 aromatic carbocycles. The Morgan fingerprint density at radius 2 is 2.10 bits per heavy atom. The van der Waals surface area contributed by atoms with Gasteiger partial charge in [0.2, 0.25) is 0 Å². The van der Waals surface area contributed by atoms with Gasteiger partial charge < -0.3 is 20.4 Å². The van der Waals surface area contributed by atoms with E-state index in [0.717, 1.165) is 22.0 Å². The molecule has 0 aliphatic rings. The lowest BCUT2D eigenvalue weighted by atomic mass is 10.3. The smallest absolute Gasteiger partial charge is 0.319 e. The fourth-order valence-corrected chi connectivity index (χ4v) is 3.79. The number of hydrogen-bond acceptors (Lipinski definition) is 7. The summed E-state index contributed by atoms with van der Waals surface area (Å²) in [5, 5.41) is 9.81. The minimum Gasteiger partial charge on any atom is -0.550 e. The second kappa shape index (κ2) is 8.60. The minimum atomic E-state index is -1.29. The number of hydrogen-bond donors (Lipinski definition) is 1. The van der Waals surface area contributed by atoms with E-state index in [1.807, 2.05) is 24.3 Å². The van der Waals surface area contributed by atoms with Gasteiger partial charge in [-0.05, 0) is 12.1 Å². The molecular weight excluding hydrogens is 312 g/mol. The number of carbonyl (C=O) groups is 2. The number of ether oxygens (including phenoxy) is 1. The number of methoxy groups -OCH3 is 1. The van der Waals surface area contributed by atoms with Gasteiger partial charge in [0.1, 0.15) is 5.25 Å². The number of thioether (sulfide) groups is 1. The topological polar surface area (TPSA) is 107 Å². The molecule has 1 heterocycles. The van der Waals surface area contributed by atoms with Crippen molar-refractivity contribution in [2.75, 3.05) is 14.2 Å². The van der Waals surface area contributed by atoms with Crippen molar-refractivity contribution in [3.05, 3.63) is 24.3 Å². The predicted molar refractivity (Wildman–Crippen MR) is 79.7 cm³/mol. The molecule has 0 aliphatic heterocycles. The Bertz CT molecular complexity index is 582. The van der Waals surface area contributed by atoms with Crippen molar-refractivity contribution in [2.45, 2.75) is 16.0 Å². The maximum Gasteiger partial charge on any atom is 0.319 e. The van der Waals surface area contributed by atoms with Crippen LogP contribution in [0.15, 0.2) is 28.6 Å². The summed E-state index contributed by atoms with van der Waals surface area (Å²) in [7, 11) is 2.98. The molecule has 0 saturated carbocycles. The lowest BCUT2D eigenvalue weighted by molar-refractivity contribution is -0.325. The summed E-state index contributed by atoms with van der Waals surface area (Å²) in [4.78, 5) is 26.5. The Hall–Kier alpha value is -1.64. The van der Waals surface area contributed by atoms with E-state index in [-0.39, 0.29) is 0 Å². The average molecular weight is 328 g/mol. The first-order valence-electron chi connectivity index (χ1n) is 6.10. The largest absolute Gasteiger partial charge is 0.550 e. The maximum absolute atomic E-state index is 11.5. The number of carboxylic acids is 1. The number of carbonyl (C=O) groups excluding carboxylic acids is 2. The Labute approximate surface area is 130 Å². The number of rotatable bonds is 5. The quantitative estimate of drug-likeness (QED) is 0.608. The van der Waals surface area contributed by atoms with Crippen LogP contribution in [0.1, 0.15) is 6.42 Å². The van der Waals surface area contributed by atoms with E-state index >= 15 is 0 Å². The molecule has 0 fully saturated rings. The molecule has 6 nitrogen and oxygen atoms in total. The molecule has 0 amide bonds. The minimum absolute atomic E-state index is 0.396. The molecule has 0 saturated heterocycles. The molecule has 1 unspecified atom stereocenters. The number of aliphatic carboxylic acids is 1. The van der Waals surface area contributed by atoms with Gasteiger partial charge in [-0.15, -0.1) is 11.3 Å². The average Bonchev–Trinajstić information content (AvgIpc) is 2.89. The van der Waals surface area contributed by atoms with Gasteiger partial charge in [0.25, 0.3) is 0 Å². The number of carboxylic acid groups (broad SMARTS) is 1. The van der Waals surface area contributed by atoms with Crippen LogP contribution in [-0.2, 0) is 14.3 Å². The van der Waals surface area contributed by atoms with Crippen molar-refractivity contribution in [3.63, 3.8) is 0 Å². The SMILES string of the molecule is COC(=O)C(CC(=O)[O-])Sc1nc2ccccc2s1.C[NH3+]. The van der Waals surface area contributed by atoms with Crippen LogP contribution in [0.4, 0.5) is 0 Å². The number of aromatic nitrogens is 1. The first kappa shape index (κ1) is 17.4. The van der Waals surface area contributed by atoms with Gasteiger partial charge in [-0.3, -0.25) is 4.79 Å². The summed E-state index contributed by atoms with van der Waals surface area (Å²) in [6.07, 6.45) is -0.396. The molecule has 2 aromatic rings. The zero-order valence-corrected chi connectivity index (χ0v) is 13.3. The number of fused-ring (bicyclic) bond motifs is 1. The van der Waals surface area contributed by atoms with E-state index in [2.05, 4.69) is 15.5 Å². The van der Waals surface area contributed by atoms with Gasteiger partial charge in [0, 0.05) is 12.4 Å². The van der Waals surface area contributed by atoms with Gasteiger partial charge in [-0.25, -0.2) is 4.98 Å². The van der Waals surface area contributed by atoms with Crippen LogP contribution in [0.2, 0.25) is 0 Å². The predicted octanol–water partition coefficient (Wildman–Crippen LogP) is -0.0719. The van der Waals surface area contributed by atoms with Gasteiger partial charge in [-0.1, -0.05) is 23.9 Å². The normalized spacial score (nSPS) is 11.4. The second-order valence-electron chi connectivity index (χ2n) is 3.65. The first-order valence-corrected chi connectivity index (χ1v) is 7.80. The van der Waals surface area contributed by atoms with Crippen molar-refractivity contribution in [1.82, 2.24) is 4.98 Å². The van der Waals surface area contributed by atoms with Gasteiger partial charge in [-0.2, -0.15) is 0 Å². The Morgan fingerprint density at radius 3 is 2.67 bits per heavy atom. The molecule has 1 aromatic heterocycles. The van der Waals surface area contributed by atoms with Crippen LogP contribution < -0.4 is 10.8 Å². The van der Waals surface area contributed by atoms with Crippen LogP contribution >= 0.6 is 23.1 Å². The molecule has 1 atom stereocenters. The Balaban J connectivity index is 0.00000106. The van der Waals surface area contributed by atoms with E-state index in [4.69, 9.17) is 0 Å². The highest BCUT2D eigenvalue weighted by molar-refractivity contribution is 8.02. The molecule has 0 radical (unpaired) electrons. The van der Waals surface area contributed by atoms with E-state index in [9.17, 15) is 14.7 Å². The molecule has 3 N–H and O–H groups in total. The summed E-state index contributed by atoms with van der Waals surface area (Å²) < 4.78 is 6.21. The number of thiazole rings is 1. The molecule has 2 rings (SSSR count). The van der Waals surface area contributed by atoms with Gasteiger partial charge >= 0.3 is 5.97 Å². The second-order valence-corrected chi connectivity index (χ2v) is 6.13. The summed E-state index contributed by atoms with van der Waals surface area (Å²) >= 11 is 2.50. The van der Waals surface area contributed by atoms with Crippen LogP contribution in [0.3, 0.4) is 0 Å². The summed E-state index contributed by atoms with van der Waals surface area (Å²) in [6.45, 7) is 0. The van der Waals surface area contributed by atoms with E-state index < -0.39 is 23.6 Å². The lowest BCUT2D eigenvalue weighted by Gasteiger charge is -2.12. The van der Waals surface area contributed by atoms with Crippen molar-refractivity contribution >= 4 is 45.3 Å². The third-order valence-corrected chi connectivity index (χ3v) is 4.64. The van der Waals surface area contributed by atoms with Crippen molar-refractivity contribution in [3.8, 4) is 0 Å². The first-order chi connectivity index (χ1) is 10.1. The van der Waals surface area contributed by atoms with Crippen molar-refractivity contribution < 1.29 is 25.2 Å². The molecule has 21 heavy (non-hydrogen) atoms.